The Morgan fingerprint density at radius 2 is 2.04 bits per heavy atom. The third-order valence-electron chi connectivity index (χ3n) is 5.27. The maximum Gasteiger partial charge on any atom is 0.254 e. The summed E-state index contributed by atoms with van der Waals surface area (Å²) in [5.41, 5.74) is 0.824. The van der Waals surface area contributed by atoms with Gasteiger partial charge in [0.05, 0.1) is 25.4 Å². The molecule has 1 aromatic rings. The van der Waals surface area contributed by atoms with Gasteiger partial charge in [0, 0.05) is 18.7 Å². The molecule has 2 saturated heterocycles. The number of rotatable bonds is 2. The first kappa shape index (κ1) is 17.2. The molecule has 1 amide bonds. The molecule has 132 valence electrons. The standard InChI is InChI=1S/C18H25NO5/c1-12-11-13(23-2)3-4-14(12)17(22)19-8-6-18(7-9-19)16(21)15(20)5-10-24-18/h3-4,11,15-16,20-21H,5-10H2,1-2H3/t15-,16-/m0/s1. The van der Waals surface area contributed by atoms with E-state index >= 15 is 0 Å². The fourth-order valence-electron chi connectivity index (χ4n) is 3.68. The van der Waals surface area contributed by atoms with Gasteiger partial charge in [0.25, 0.3) is 5.91 Å². The Labute approximate surface area is 142 Å². The van der Waals surface area contributed by atoms with Gasteiger partial charge in [0.15, 0.2) is 0 Å². The van der Waals surface area contributed by atoms with Gasteiger partial charge in [0.2, 0.25) is 0 Å². The molecule has 2 atom stereocenters. The third-order valence-corrected chi connectivity index (χ3v) is 5.27. The fourth-order valence-corrected chi connectivity index (χ4v) is 3.68. The predicted octanol–water partition coefficient (Wildman–Crippen LogP) is 1.12. The lowest BCUT2D eigenvalue weighted by atomic mass is 9.80. The summed E-state index contributed by atoms with van der Waals surface area (Å²) in [7, 11) is 1.60. The van der Waals surface area contributed by atoms with E-state index in [-0.39, 0.29) is 5.91 Å². The van der Waals surface area contributed by atoms with Gasteiger partial charge in [-0.1, -0.05) is 0 Å². The number of ether oxygens (including phenoxy) is 2. The predicted molar refractivity (Wildman–Crippen MR) is 88.2 cm³/mol. The number of nitrogens with zero attached hydrogens (tertiary/aromatic N) is 1. The first-order chi connectivity index (χ1) is 11.5. The minimum absolute atomic E-state index is 0.0177. The van der Waals surface area contributed by atoms with Gasteiger partial charge in [-0.3, -0.25) is 4.79 Å². The summed E-state index contributed by atoms with van der Waals surface area (Å²) >= 11 is 0. The van der Waals surface area contributed by atoms with Gasteiger partial charge in [-0.15, -0.1) is 0 Å². The number of carbonyl (C=O) groups excluding carboxylic acids is 1. The number of benzene rings is 1. The van der Waals surface area contributed by atoms with Crippen molar-refractivity contribution in [1.29, 1.82) is 0 Å². The quantitative estimate of drug-likeness (QED) is 0.847. The summed E-state index contributed by atoms with van der Waals surface area (Å²) in [6, 6.07) is 5.43. The van der Waals surface area contributed by atoms with Crippen molar-refractivity contribution in [3.63, 3.8) is 0 Å². The zero-order valence-electron chi connectivity index (χ0n) is 14.2. The summed E-state index contributed by atoms with van der Waals surface area (Å²) < 4.78 is 11.0. The molecule has 0 unspecified atom stereocenters. The van der Waals surface area contributed by atoms with E-state index in [1.807, 2.05) is 13.0 Å². The second-order valence-corrected chi connectivity index (χ2v) is 6.69. The Morgan fingerprint density at radius 3 is 2.67 bits per heavy atom. The van der Waals surface area contributed by atoms with E-state index in [0.29, 0.717) is 44.5 Å². The highest BCUT2D eigenvalue weighted by Gasteiger charge is 2.48. The number of hydrogen-bond donors (Lipinski definition) is 2. The molecule has 1 spiro atoms. The second-order valence-electron chi connectivity index (χ2n) is 6.69. The summed E-state index contributed by atoms with van der Waals surface area (Å²) in [4.78, 5) is 14.6. The molecule has 0 aromatic heterocycles. The Kier molecular flexibility index (Phi) is 4.80. The highest BCUT2D eigenvalue weighted by Crippen LogP contribution is 2.36. The van der Waals surface area contributed by atoms with Crippen molar-refractivity contribution >= 4 is 5.91 Å². The molecular weight excluding hydrogens is 310 g/mol. The molecule has 6 heteroatoms. The minimum Gasteiger partial charge on any atom is -0.497 e. The Hall–Kier alpha value is -1.63. The van der Waals surface area contributed by atoms with Gasteiger partial charge in [0.1, 0.15) is 11.9 Å². The monoisotopic (exact) mass is 335 g/mol. The maximum absolute atomic E-state index is 12.8. The highest BCUT2D eigenvalue weighted by molar-refractivity contribution is 5.95. The molecule has 2 heterocycles. The lowest BCUT2D eigenvalue weighted by Crippen LogP contribution is -2.60. The Balaban J connectivity index is 1.69. The van der Waals surface area contributed by atoms with E-state index in [0.717, 1.165) is 11.3 Å². The van der Waals surface area contributed by atoms with Crippen LogP contribution in [0.15, 0.2) is 18.2 Å². The van der Waals surface area contributed by atoms with Crippen molar-refractivity contribution in [2.24, 2.45) is 0 Å². The van der Waals surface area contributed by atoms with E-state index < -0.39 is 17.8 Å². The Morgan fingerprint density at radius 1 is 1.33 bits per heavy atom. The van der Waals surface area contributed by atoms with E-state index in [9.17, 15) is 15.0 Å². The van der Waals surface area contributed by atoms with Gasteiger partial charge in [-0.2, -0.15) is 0 Å². The normalized spacial score (nSPS) is 26.4. The van der Waals surface area contributed by atoms with Crippen LogP contribution < -0.4 is 4.74 Å². The molecule has 2 aliphatic rings. The number of hydrogen-bond acceptors (Lipinski definition) is 5. The van der Waals surface area contributed by atoms with Crippen LogP contribution >= 0.6 is 0 Å². The van der Waals surface area contributed by atoms with Crippen LogP contribution in [0.5, 0.6) is 5.75 Å². The molecule has 24 heavy (non-hydrogen) atoms. The van der Waals surface area contributed by atoms with Crippen LogP contribution in [0.25, 0.3) is 0 Å². The lowest BCUT2D eigenvalue weighted by molar-refractivity contribution is -0.212. The molecule has 2 fully saturated rings. The number of aryl methyl sites for hydroxylation is 1. The molecule has 1 aromatic carbocycles. The van der Waals surface area contributed by atoms with Crippen LogP contribution in [0.2, 0.25) is 0 Å². The summed E-state index contributed by atoms with van der Waals surface area (Å²) in [5.74, 6) is 0.713. The van der Waals surface area contributed by atoms with Crippen molar-refractivity contribution in [2.75, 3.05) is 26.8 Å². The zero-order chi connectivity index (χ0) is 17.3. The minimum atomic E-state index is -0.883. The molecule has 0 bridgehead atoms. The van der Waals surface area contributed by atoms with E-state index in [4.69, 9.17) is 9.47 Å². The molecule has 0 aliphatic carbocycles. The first-order valence-electron chi connectivity index (χ1n) is 8.41. The van der Waals surface area contributed by atoms with Gasteiger partial charge < -0.3 is 24.6 Å². The third kappa shape index (κ3) is 3.01. The molecule has 3 rings (SSSR count). The van der Waals surface area contributed by atoms with Crippen molar-refractivity contribution in [2.45, 2.75) is 44.0 Å². The fraction of sp³-hybridized carbons (Fsp3) is 0.611. The molecule has 2 N–H and O–H groups in total. The number of likely N-dealkylation sites (tertiary alicyclic amines) is 1. The highest BCUT2D eigenvalue weighted by atomic mass is 16.5. The number of methoxy groups -OCH3 is 1. The van der Waals surface area contributed by atoms with E-state index in [1.54, 1.807) is 24.1 Å². The Bertz CT molecular complexity index is 609. The molecule has 2 aliphatic heterocycles. The van der Waals surface area contributed by atoms with Gasteiger partial charge in [-0.05, 0) is 49.9 Å². The van der Waals surface area contributed by atoms with Crippen molar-refractivity contribution in [3.05, 3.63) is 29.3 Å². The number of aliphatic hydroxyl groups excluding tert-OH is 2. The SMILES string of the molecule is COc1ccc(C(=O)N2CCC3(CC2)OCC[C@H](O)[C@@H]3O)c(C)c1. The first-order valence-corrected chi connectivity index (χ1v) is 8.41. The van der Waals surface area contributed by atoms with Gasteiger partial charge in [-0.25, -0.2) is 0 Å². The summed E-state index contributed by atoms with van der Waals surface area (Å²) in [6.07, 6.45) is -0.106. The average molecular weight is 335 g/mol. The zero-order valence-corrected chi connectivity index (χ0v) is 14.2. The number of aliphatic hydroxyl groups is 2. The van der Waals surface area contributed by atoms with Crippen LogP contribution in [-0.2, 0) is 4.74 Å². The topological polar surface area (TPSA) is 79.2 Å². The van der Waals surface area contributed by atoms with Crippen molar-refractivity contribution < 1.29 is 24.5 Å². The lowest BCUT2D eigenvalue weighted by Gasteiger charge is -2.48. The van der Waals surface area contributed by atoms with Crippen LogP contribution in [-0.4, -0.2) is 65.6 Å². The molecule has 6 nitrogen and oxygen atoms in total. The second kappa shape index (κ2) is 6.70. The summed E-state index contributed by atoms with van der Waals surface area (Å²) in [5, 5.41) is 20.2. The largest absolute Gasteiger partial charge is 0.497 e. The maximum atomic E-state index is 12.8. The van der Waals surface area contributed by atoms with Crippen LogP contribution in [0.1, 0.15) is 35.2 Å². The molecular formula is C18H25NO5. The van der Waals surface area contributed by atoms with Gasteiger partial charge >= 0.3 is 0 Å². The molecule has 0 saturated carbocycles. The number of amides is 1. The van der Waals surface area contributed by atoms with Crippen LogP contribution in [0.3, 0.4) is 0 Å². The smallest absolute Gasteiger partial charge is 0.254 e. The number of carbonyl (C=O) groups is 1. The van der Waals surface area contributed by atoms with Crippen LogP contribution in [0.4, 0.5) is 0 Å². The number of piperidine rings is 1. The van der Waals surface area contributed by atoms with Crippen LogP contribution in [0, 0.1) is 6.92 Å². The van der Waals surface area contributed by atoms with Crippen molar-refractivity contribution in [3.8, 4) is 5.75 Å². The van der Waals surface area contributed by atoms with E-state index in [2.05, 4.69) is 0 Å². The van der Waals surface area contributed by atoms with Crippen molar-refractivity contribution in [1.82, 2.24) is 4.90 Å². The summed E-state index contributed by atoms with van der Waals surface area (Å²) in [6.45, 7) is 3.36. The average Bonchev–Trinajstić information content (AvgIpc) is 2.59. The van der Waals surface area contributed by atoms with E-state index in [1.165, 1.54) is 0 Å². The molecule has 0 radical (unpaired) electrons.